The van der Waals surface area contributed by atoms with Crippen molar-refractivity contribution in [2.75, 3.05) is 13.6 Å². The van der Waals surface area contributed by atoms with Crippen molar-refractivity contribution in [1.29, 1.82) is 0 Å². The average Bonchev–Trinajstić information content (AvgIpc) is 2.05. The van der Waals surface area contributed by atoms with Crippen LogP contribution < -0.4 is 5.43 Å². The SMILES string of the molecule is CCN(NC)C(=O)C(C)=CC(C)C. The van der Waals surface area contributed by atoms with Gasteiger partial charge in [-0.1, -0.05) is 19.9 Å². The van der Waals surface area contributed by atoms with Crippen LogP contribution in [0.3, 0.4) is 0 Å². The van der Waals surface area contributed by atoms with E-state index < -0.39 is 0 Å². The summed E-state index contributed by atoms with van der Waals surface area (Å²) in [5.41, 5.74) is 3.65. The van der Waals surface area contributed by atoms with E-state index in [4.69, 9.17) is 0 Å². The molecule has 0 saturated heterocycles. The summed E-state index contributed by atoms with van der Waals surface area (Å²) in [5.74, 6) is 0.471. The Morgan fingerprint density at radius 1 is 1.54 bits per heavy atom. The number of nitrogens with zero attached hydrogens (tertiary/aromatic N) is 1. The normalized spacial score (nSPS) is 12.0. The van der Waals surface area contributed by atoms with E-state index in [2.05, 4.69) is 19.3 Å². The van der Waals surface area contributed by atoms with Gasteiger partial charge in [0, 0.05) is 19.2 Å². The molecule has 0 atom stereocenters. The summed E-state index contributed by atoms with van der Waals surface area (Å²) >= 11 is 0. The lowest BCUT2D eigenvalue weighted by atomic mass is 10.1. The Kier molecular flexibility index (Phi) is 5.39. The second kappa shape index (κ2) is 5.75. The zero-order chi connectivity index (χ0) is 10.4. The van der Waals surface area contributed by atoms with E-state index in [0.29, 0.717) is 12.5 Å². The minimum Gasteiger partial charge on any atom is -0.275 e. The van der Waals surface area contributed by atoms with Crippen LogP contribution in [0.15, 0.2) is 11.6 Å². The van der Waals surface area contributed by atoms with Crippen LogP contribution in [0.4, 0.5) is 0 Å². The molecule has 0 bridgehead atoms. The van der Waals surface area contributed by atoms with Gasteiger partial charge in [-0.25, -0.2) is 5.43 Å². The van der Waals surface area contributed by atoms with Gasteiger partial charge in [0.1, 0.15) is 0 Å². The first-order chi connectivity index (χ1) is 6.02. The van der Waals surface area contributed by atoms with Gasteiger partial charge in [-0.05, 0) is 19.8 Å². The Balaban J connectivity index is 4.40. The van der Waals surface area contributed by atoms with Crippen LogP contribution in [-0.2, 0) is 4.79 Å². The van der Waals surface area contributed by atoms with Crippen molar-refractivity contribution in [3.63, 3.8) is 0 Å². The molecule has 13 heavy (non-hydrogen) atoms. The zero-order valence-electron chi connectivity index (χ0n) is 9.22. The highest BCUT2D eigenvalue weighted by Gasteiger charge is 2.11. The van der Waals surface area contributed by atoms with Crippen molar-refractivity contribution in [2.24, 2.45) is 5.92 Å². The van der Waals surface area contributed by atoms with Gasteiger partial charge in [0.15, 0.2) is 0 Å². The lowest BCUT2D eigenvalue weighted by molar-refractivity contribution is -0.129. The molecule has 0 heterocycles. The highest BCUT2D eigenvalue weighted by Crippen LogP contribution is 2.04. The Morgan fingerprint density at radius 2 is 2.08 bits per heavy atom. The number of carbonyl (C=O) groups is 1. The molecule has 0 rings (SSSR count). The number of hydrazine groups is 1. The van der Waals surface area contributed by atoms with Crippen LogP contribution >= 0.6 is 0 Å². The molecule has 3 heteroatoms. The molecule has 3 nitrogen and oxygen atoms in total. The molecule has 0 fully saturated rings. The number of amides is 1. The molecule has 76 valence electrons. The van der Waals surface area contributed by atoms with Gasteiger partial charge < -0.3 is 0 Å². The molecule has 0 aliphatic rings. The maximum absolute atomic E-state index is 11.6. The fourth-order valence-corrected chi connectivity index (χ4v) is 1.19. The number of carbonyl (C=O) groups excluding carboxylic acids is 1. The smallest absolute Gasteiger partial charge is 0.263 e. The summed E-state index contributed by atoms with van der Waals surface area (Å²) < 4.78 is 0. The molecule has 0 saturated carbocycles. The molecule has 1 N–H and O–H groups in total. The Morgan fingerprint density at radius 3 is 2.38 bits per heavy atom. The van der Waals surface area contributed by atoms with E-state index in [1.807, 2.05) is 19.9 Å². The van der Waals surface area contributed by atoms with Crippen LogP contribution in [0.25, 0.3) is 0 Å². The topological polar surface area (TPSA) is 32.3 Å². The number of likely N-dealkylation sites (N-methyl/N-ethyl adjacent to an activating group) is 1. The fraction of sp³-hybridized carbons (Fsp3) is 0.700. The molecule has 0 aromatic rings. The maximum atomic E-state index is 11.6. The highest BCUT2D eigenvalue weighted by molar-refractivity contribution is 5.92. The Hall–Kier alpha value is -0.830. The summed E-state index contributed by atoms with van der Waals surface area (Å²) in [7, 11) is 1.75. The summed E-state index contributed by atoms with van der Waals surface area (Å²) in [4.78, 5) is 11.6. The quantitative estimate of drug-likeness (QED) is 0.531. The lowest BCUT2D eigenvalue weighted by Gasteiger charge is -2.19. The van der Waals surface area contributed by atoms with E-state index in [-0.39, 0.29) is 5.91 Å². The van der Waals surface area contributed by atoms with Crippen molar-refractivity contribution in [2.45, 2.75) is 27.7 Å². The molecule has 0 unspecified atom stereocenters. The Labute approximate surface area is 80.8 Å². The van der Waals surface area contributed by atoms with E-state index >= 15 is 0 Å². The summed E-state index contributed by atoms with van der Waals surface area (Å²) in [6, 6.07) is 0. The van der Waals surface area contributed by atoms with Gasteiger partial charge in [-0.3, -0.25) is 9.80 Å². The van der Waals surface area contributed by atoms with Gasteiger partial charge in [0.25, 0.3) is 5.91 Å². The van der Waals surface area contributed by atoms with Crippen molar-refractivity contribution < 1.29 is 4.79 Å². The van der Waals surface area contributed by atoms with E-state index in [1.54, 1.807) is 12.1 Å². The third kappa shape index (κ3) is 4.08. The van der Waals surface area contributed by atoms with Gasteiger partial charge in [-0.2, -0.15) is 0 Å². The van der Waals surface area contributed by atoms with Crippen LogP contribution in [0.1, 0.15) is 27.7 Å². The van der Waals surface area contributed by atoms with Gasteiger partial charge in [0.2, 0.25) is 0 Å². The largest absolute Gasteiger partial charge is 0.275 e. The zero-order valence-corrected chi connectivity index (χ0v) is 9.22. The average molecular weight is 184 g/mol. The van der Waals surface area contributed by atoms with Gasteiger partial charge in [-0.15, -0.1) is 0 Å². The van der Waals surface area contributed by atoms with Crippen molar-refractivity contribution in [3.05, 3.63) is 11.6 Å². The van der Waals surface area contributed by atoms with E-state index in [0.717, 1.165) is 5.57 Å². The number of nitrogens with one attached hydrogen (secondary N) is 1. The third-order valence-electron chi connectivity index (χ3n) is 1.75. The van der Waals surface area contributed by atoms with Crippen LogP contribution in [-0.4, -0.2) is 24.5 Å². The number of hydrogen-bond donors (Lipinski definition) is 1. The van der Waals surface area contributed by atoms with Crippen molar-refractivity contribution in [1.82, 2.24) is 10.4 Å². The summed E-state index contributed by atoms with van der Waals surface area (Å²) in [5, 5.41) is 1.59. The standard InChI is InChI=1S/C10H20N2O/c1-6-12(11-5)10(13)9(4)7-8(2)3/h7-8,11H,6H2,1-5H3. The number of allylic oxidation sites excluding steroid dienone is 1. The summed E-state index contributed by atoms with van der Waals surface area (Å²) in [6.07, 6.45) is 1.97. The molecule has 1 amide bonds. The number of hydrogen-bond acceptors (Lipinski definition) is 2. The van der Waals surface area contributed by atoms with E-state index in [9.17, 15) is 4.79 Å². The Bertz CT molecular complexity index is 193. The first-order valence-electron chi connectivity index (χ1n) is 4.70. The molecule has 0 radical (unpaired) electrons. The van der Waals surface area contributed by atoms with Crippen molar-refractivity contribution >= 4 is 5.91 Å². The van der Waals surface area contributed by atoms with Gasteiger partial charge >= 0.3 is 0 Å². The molecular weight excluding hydrogens is 164 g/mol. The van der Waals surface area contributed by atoms with Crippen LogP contribution in [0.5, 0.6) is 0 Å². The second-order valence-electron chi connectivity index (χ2n) is 3.37. The summed E-state index contributed by atoms with van der Waals surface area (Å²) in [6.45, 7) is 8.59. The molecule has 0 aromatic heterocycles. The van der Waals surface area contributed by atoms with Crippen LogP contribution in [0.2, 0.25) is 0 Å². The fourth-order valence-electron chi connectivity index (χ4n) is 1.19. The van der Waals surface area contributed by atoms with Crippen molar-refractivity contribution in [3.8, 4) is 0 Å². The van der Waals surface area contributed by atoms with E-state index in [1.165, 1.54) is 0 Å². The second-order valence-corrected chi connectivity index (χ2v) is 3.37. The predicted molar refractivity (Wildman–Crippen MR) is 55.0 cm³/mol. The maximum Gasteiger partial charge on any atom is 0.263 e. The molecule has 0 spiro atoms. The molecule has 0 aromatic carbocycles. The van der Waals surface area contributed by atoms with Gasteiger partial charge in [0.05, 0.1) is 0 Å². The number of rotatable bonds is 4. The first kappa shape index (κ1) is 12.2. The molecular formula is C10H20N2O. The molecule has 0 aliphatic carbocycles. The first-order valence-corrected chi connectivity index (χ1v) is 4.70. The minimum absolute atomic E-state index is 0.0544. The van der Waals surface area contributed by atoms with Crippen LogP contribution in [0, 0.1) is 5.92 Å². The minimum atomic E-state index is 0.0544. The highest BCUT2D eigenvalue weighted by atomic mass is 16.2. The predicted octanol–water partition coefficient (Wildman–Crippen LogP) is 1.57. The lowest BCUT2D eigenvalue weighted by Crippen LogP contribution is -2.40. The third-order valence-corrected chi connectivity index (χ3v) is 1.75. The monoisotopic (exact) mass is 184 g/mol. The molecule has 0 aliphatic heterocycles.